The smallest absolute Gasteiger partial charge is 0.337 e. The van der Waals surface area contributed by atoms with Crippen molar-refractivity contribution in [3.8, 4) is 0 Å². The first kappa shape index (κ1) is 11.0. The second-order valence-electron chi connectivity index (χ2n) is 3.03. The van der Waals surface area contributed by atoms with Gasteiger partial charge in [-0.2, -0.15) is 0 Å². The molecule has 0 amide bonds. The van der Waals surface area contributed by atoms with E-state index < -0.39 is 0 Å². The second kappa shape index (κ2) is 5.65. The van der Waals surface area contributed by atoms with Crippen LogP contribution in [0, 0.1) is 0 Å². The van der Waals surface area contributed by atoms with E-state index in [4.69, 9.17) is 14.2 Å². The van der Waals surface area contributed by atoms with E-state index in [-0.39, 0.29) is 12.8 Å². The predicted octanol–water partition coefficient (Wildman–Crippen LogP) is 1.61. The van der Waals surface area contributed by atoms with Gasteiger partial charge in [-0.1, -0.05) is 0 Å². The van der Waals surface area contributed by atoms with Crippen LogP contribution >= 0.6 is 0 Å². The summed E-state index contributed by atoms with van der Waals surface area (Å²) in [5, 5.41) is 0. The van der Waals surface area contributed by atoms with Gasteiger partial charge in [-0.05, 0) is 19.8 Å². The number of allylic oxidation sites excluding steroid dienone is 1. The molecule has 80 valence electrons. The van der Waals surface area contributed by atoms with Crippen LogP contribution in [0.2, 0.25) is 0 Å². The van der Waals surface area contributed by atoms with Crippen molar-refractivity contribution >= 4 is 5.97 Å². The Morgan fingerprint density at radius 1 is 1.43 bits per heavy atom. The largest absolute Gasteiger partial charge is 0.471 e. The zero-order valence-corrected chi connectivity index (χ0v) is 8.67. The number of hydrogen-bond acceptors (Lipinski definition) is 4. The van der Waals surface area contributed by atoms with Crippen molar-refractivity contribution < 1.29 is 19.0 Å². The molecule has 0 radical (unpaired) electrons. The second-order valence-corrected chi connectivity index (χ2v) is 3.03. The van der Waals surface area contributed by atoms with Crippen LogP contribution in [-0.2, 0) is 19.0 Å². The molecule has 0 aromatic heterocycles. The van der Waals surface area contributed by atoms with Crippen molar-refractivity contribution in [2.24, 2.45) is 0 Å². The van der Waals surface area contributed by atoms with Crippen LogP contribution in [0.5, 0.6) is 0 Å². The maximum Gasteiger partial charge on any atom is 0.337 e. The van der Waals surface area contributed by atoms with Crippen molar-refractivity contribution in [1.82, 2.24) is 0 Å². The molecule has 0 heterocycles. The molecular weight excluding hydrogens is 184 g/mol. The summed E-state index contributed by atoms with van der Waals surface area (Å²) in [5.74, 6) is 0.474. The van der Waals surface area contributed by atoms with Gasteiger partial charge in [0.05, 0.1) is 12.2 Å². The Kier molecular flexibility index (Phi) is 4.46. The highest BCUT2D eigenvalue weighted by Gasteiger charge is 2.23. The summed E-state index contributed by atoms with van der Waals surface area (Å²) in [4.78, 5) is 11.4. The van der Waals surface area contributed by atoms with E-state index in [1.165, 1.54) is 0 Å². The van der Waals surface area contributed by atoms with Gasteiger partial charge in [0.2, 0.25) is 0 Å². The zero-order chi connectivity index (χ0) is 10.4. The first-order valence-electron chi connectivity index (χ1n) is 4.80. The quantitative estimate of drug-likeness (QED) is 0.499. The molecular formula is C10H16O4. The summed E-state index contributed by atoms with van der Waals surface area (Å²) < 4.78 is 15.0. The SMILES string of the molecule is CCOC(=O)C1=C(OCOC)CCC1. The highest BCUT2D eigenvalue weighted by molar-refractivity contribution is 5.89. The number of hydrogen-bond donors (Lipinski definition) is 0. The predicted molar refractivity (Wildman–Crippen MR) is 50.5 cm³/mol. The maximum absolute atomic E-state index is 11.4. The summed E-state index contributed by atoms with van der Waals surface area (Å²) in [7, 11) is 1.56. The minimum atomic E-state index is -0.254. The molecule has 0 atom stereocenters. The molecule has 1 aliphatic rings. The lowest BCUT2D eigenvalue weighted by atomic mass is 10.2. The topological polar surface area (TPSA) is 44.8 Å². The molecule has 0 fully saturated rings. The van der Waals surface area contributed by atoms with E-state index >= 15 is 0 Å². The van der Waals surface area contributed by atoms with Crippen LogP contribution in [-0.4, -0.2) is 26.5 Å². The Hall–Kier alpha value is -1.03. The Morgan fingerprint density at radius 3 is 2.86 bits per heavy atom. The van der Waals surface area contributed by atoms with Gasteiger partial charge >= 0.3 is 5.97 Å². The van der Waals surface area contributed by atoms with Crippen molar-refractivity contribution in [3.63, 3.8) is 0 Å². The Balaban J connectivity index is 2.57. The van der Waals surface area contributed by atoms with Gasteiger partial charge in [-0.15, -0.1) is 0 Å². The van der Waals surface area contributed by atoms with E-state index in [2.05, 4.69) is 0 Å². The molecule has 0 N–H and O–H groups in total. The molecule has 4 heteroatoms. The first-order chi connectivity index (χ1) is 6.79. The normalized spacial score (nSPS) is 15.9. The summed E-state index contributed by atoms with van der Waals surface area (Å²) in [5.41, 5.74) is 0.670. The zero-order valence-electron chi connectivity index (χ0n) is 8.67. The highest BCUT2D eigenvalue weighted by Crippen LogP contribution is 2.27. The lowest BCUT2D eigenvalue weighted by Crippen LogP contribution is -2.09. The number of methoxy groups -OCH3 is 1. The molecule has 1 rings (SSSR count). The maximum atomic E-state index is 11.4. The van der Waals surface area contributed by atoms with Crippen LogP contribution in [0.4, 0.5) is 0 Å². The number of ether oxygens (including phenoxy) is 3. The van der Waals surface area contributed by atoms with Gasteiger partial charge in [0, 0.05) is 13.5 Å². The van der Waals surface area contributed by atoms with E-state index in [1.54, 1.807) is 14.0 Å². The van der Waals surface area contributed by atoms with Crippen molar-refractivity contribution in [3.05, 3.63) is 11.3 Å². The first-order valence-corrected chi connectivity index (χ1v) is 4.80. The third-order valence-electron chi connectivity index (χ3n) is 2.04. The minimum Gasteiger partial charge on any atom is -0.471 e. The van der Waals surface area contributed by atoms with Crippen LogP contribution in [0.1, 0.15) is 26.2 Å². The molecule has 4 nitrogen and oxygen atoms in total. The minimum absolute atomic E-state index is 0.193. The Labute approximate surface area is 83.8 Å². The van der Waals surface area contributed by atoms with Crippen molar-refractivity contribution in [2.75, 3.05) is 20.5 Å². The number of esters is 1. The fourth-order valence-electron chi connectivity index (χ4n) is 1.44. The van der Waals surface area contributed by atoms with Crippen LogP contribution < -0.4 is 0 Å². The van der Waals surface area contributed by atoms with E-state index in [9.17, 15) is 4.79 Å². The van der Waals surface area contributed by atoms with E-state index in [0.717, 1.165) is 25.0 Å². The Morgan fingerprint density at radius 2 is 2.21 bits per heavy atom. The molecule has 0 aromatic carbocycles. The fraction of sp³-hybridized carbons (Fsp3) is 0.700. The monoisotopic (exact) mass is 200 g/mol. The van der Waals surface area contributed by atoms with Gasteiger partial charge in [0.25, 0.3) is 0 Å². The summed E-state index contributed by atoms with van der Waals surface area (Å²) >= 11 is 0. The van der Waals surface area contributed by atoms with E-state index in [0.29, 0.717) is 12.2 Å². The average Bonchev–Trinajstić information content (AvgIpc) is 2.63. The van der Waals surface area contributed by atoms with Gasteiger partial charge in [0.1, 0.15) is 5.76 Å². The summed E-state index contributed by atoms with van der Waals surface area (Å²) in [6.07, 6.45) is 2.50. The summed E-state index contributed by atoms with van der Waals surface area (Å²) in [6.45, 7) is 2.39. The van der Waals surface area contributed by atoms with E-state index in [1.807, 2.05) is 0 Å². The molecule has 0 saturated heterocycles. The van der Waals surface area contributed by atoms with Gasteiger partial charge in [-0.3, -0.25) is 0 Å². The highest BCUT2D eigenvalue weighted by atomic mass is 16.7. The third-order valence-corrected chi connectivity index (χ3v) is 2.04. The summed E-state index contributed by atoms with van der Waals surface area (Å²) in [6, 6.07) is 0. The molecule has 0 aliphatic heterocycles. The lowest BCUT2D eigenvalue weighted by Gasteiger charge is -2.08. The van der Waals surface area contributed by atoms with Crippen LogP contribution in [0.3, 0.4) is 0 Å². The van der Waals surface area contributed by atoms with Crippen LogP contribution in [0.15, 0.2) is 11.3 Å². The standard InChI is InChI=1S/C10H16O4/c1-3-13-10(11)8-5-4-6-9(8)14-7-12-2/h3-7H2,1-2H3. The molecule has 14 heavy (non-hydrogen) atoms. The average molecular weight is 200 g/mol. The van der Waals surface area contributed by atoms with Gasteiger partial charge < -0.3 is 14.2 Å². The molecule has 1 aliphatic carbocycles. The molecule has 0 unspecified atom stereocenters. The number of rotatable bonds is 5. The lowest BCUT2D eigenvalue weighted by molar-refractivity contribution is -0.138. The molecule has 0 bridgehead atoms. The van der Waals surface area contributed by atoms with Crippen molar-refractivity contribution in [1.29, 1.82) is 0 Å². The van der Waals surface area contributed by atoms with Crippen LogP contribution in [0.25, 0.3) is 0 Å². The fourth-order valence-corrected chi connectivity index (χ4v) is 1.44. The molecule has 0 aromatic rings. The van der Waals surface area contributed by atoms with Gasteiger partial charge in [0.15, 0.2) is 6.79 Å². The van der Waals surface area contributed by atoms with Gasteiger partial charge in [-0.25, -0.2) is 4.79 Å². The Bertz CT molecular complexity index is 232. The van der Waals surface area contributed by atoms with Crippen molar-refractivity contribution in [2.45, 2.75) is 26.2 Å². The number of carbonyl (C=O) groups excluding carboxylic acids is 1. The molecule has 0 spiro atoms. The molecule has 0 saturated carbocycles. The third kappa shape index (κ3) is 2.73. The number of carbonyl (C=O) groups is 1.